The van der Waals surface area contributed by atoms with Gasteiger partial charge in [-0.05, 0) is 44.2 Å². The van der Waals surface area contributed by atoms with Gasteiger partial charge in [0.05, 0.1) is 16.9 Å². The molecule has 2 aliphatic rings. The van der Waals surface area contributed by atoms with Crippen LogP contribution in [0.5, 0.6) is 0 Å². The van der Waals surface area contributed by atoms with Gasteiger partial charge in [0.1, 0.15) is 15.7 Å². The molecule has 0 bridgehead atoms. The van der Waals surface area contributed by atoms with Crippen LogP contribution in [0.25, 0.3) is 0 Å². The smallest absolute Gasteiger partial charge is 0.385 e. The van der Waals surface area contributed by atoms with E-state index in [0.29, 0.717) is 63.8 Å². The van der Waals surface area contributed by atoms with Crippen molar-refractivity contribution in [1.29, 1.82) is 0 Å². The van der Waals surface area contributed by atoms with E-state index >= 15 is 0 Å². The van der Waals surface area contributed by atoms with Crippen molar-refractivity contribution in [2.24, 2.45) is 4.99 Å². The lowest BCUT2D eigenvalue weighted by Gasteiger charge is -2.41. The predicted octanol–water partition coefficient (Wildman–Crippen LogP) is 5.60. The Morgan fingerprint density at radius 1 is 1.29 bits per heavy atom. The SMILES string of the molecule is COCCC[C@H]1CN(C2=Nc3cc(Cl)ccc3Nc3sc(C(F)(F)F)cc32)CCN1C. The zero-order valence-electron chi connectivity index (χ0n) is 17.3. The number of fused-ring (bicyclic) bond motifs is 2. The monoisotopic (exact) mass is 472 g/mol. The number of hydrogen-bond donors (Lipinski definition) is 1. The maximum absolute atomic E-state index is 13.5. The van der Waals surface area contributed by atoms with E-state index in [9.17, 15) is 13.2 Å². The summed E-state index contributed by atoms with van der Waals surface area (Å²) in [6.45, 7) is 2.86. The Morgan fingerprint density at radius 2 is 2.10 bits per heavy atom. The molecule has 4 rings (SSSR count). The fraction of sp³-hybridized carbons (Fsp3) is 0.476. The molecule has 2 aromatic rings. The molecule has 5 nitrogen and oxygen atoms in total. The van der Waals surface area contributed by atoms with Gasteiger partial charge in [0.15, 0.2) is 0 Å². The number of nitrogens with one attached hydrogen (secondary N) is 1. The van der Waals surface area contributed by atoms with E-state index in [2.05, 4.69) is 22.2 Å². The molecule has 168 valence electrons. The Hall–Kier alpha value is -1.81. The highest BCUT2D eigenvalue weighted by molar-refractivity contribution is 7.16. The van der Waals surface area contributed by atoms with E-state index in [1.54, 1.807) is 25.3 Å². The highest BCUT2D eigenvalue weighted by Gasteiger charge is 2.37. The molecule has 0 amide bonds. The summed E-state index contributed by atoms with van der Waals surface area (Å²) < 4.78 is 45.6. The number of likely N-dealkylation sites (N-methyl/N-ethyl adjacent to an activating group) is 1. The standard InChI is InChI=1S/C21H24ClF3N4OS/c1-28-7-8-29(12-14(28)4-3-9-30-2)19-15-11-18(21(23,24)25)31-20(15)27-16-6-5-13(22)10-17(16)26-19/h5-6,10-11,14,27H,3-4,7-9,12H2,1-2H3/t14-/m0/s1. The van der Waals surface area contributed by atoms with Crippen LogP contribution in [0.15, 0.2) is 29.3 Å². The van der Waals surface area contributed by atoms with E-state index in [-0.39, 0.29) is 6.04 Å². The molecule has 1 atom stereocenters. The molecular formula is C21H24ClF3N4OS. The van der Waals surface area contributed by atoms with Crippen molar-refractivity contribution in [3.63, 3.8) is 0 Å². The van der Waals surface area contributed by atoms with Gasteiger partial charge >= 0.3 is 6.18 Å². The molecule has 0 unspecified atom stereocenters. The number of benzene rings is 1. The van der Waals surface area contributed by atoms with Crippen LogP contribution in [-0.2, 0) is 10.9 Å². The summed E-state index contributed by atoms with van der Waals surface area (Å²) in [7, 11) is 3.77. The van der Waals surface area contributed by atoms with Crippen molar-refractivity contribution >= 4 is 45.1 Å². The van der Waals surface area contributed by atoms with Crippen molar-refractivity contribution in [2.45, 2.75) is 25.1 Å². The summed E-state index contributed by atoms with van der Waals surface area (Å²) in [5, 5.41) is 4.12. The quantitative estimate of drug-likeness (QED) is 0.588. The first-order valence-electron chi connectivity index (χ1n) is 10.1. The van der Waals surface area contributed by atoms with Gasteiger partial charge in [0.2, 0.25) is 0 Å². The lowest BCUT2D eigenvalue weighted by atomic mass is 10.1. The summed E-state index contributed by atoms with van der Waals surface area (Å²) in [6.07, 6.45) is -2.54. The number of hydrogen-bond acceptors (Lipinski definition) is 6. The molecule has 10 heteroatoms. The summed E-state index contributed by atoms with van der Waals surface area (Å²) in [4.78, 5) is 8.56. The van der Waals surface area contributed by atoms with E-state index < -0.39 is 11.1 Å². The maximum Gasteiger partial charge on any atom is 0.425 e. The number of aliphatic imine (C=N–C) groups is 1. The van der Waals surface area contributed by atoms with Crippen LogP contribution in [0.3, 0.4) is 0 Å². The van der Waals surface area contributed by atoms with E-state index in [1.165, 1.54) is 6.07 Å². The number of piperazine rings is 1. The van der Waals surface area contributed by atoms with Gasteiger partial charge in [-0.25, -0.2) is 4.99 Å². The van der Waals surface area contributed by atoms with Crippen LogP contribution in [0.1, 0.15) is 23.3 Å². The molecule has 31 heavy (non-hydrogen) atoms. The number of rotatable bonds is 4. The molecular weight excluding hydrogens is 449 g/mol. The number of halogens is 4. The molecule has 0 aliphatic carbocycles. The van der Waals surface area contributed by atoms with Gasteiger partial charge in [0, 0.05) is 44.4 Å². The highest BCUT2D eigenvalue weighted by Crippen LogP contribution is 2.44. The summed E-state index contributed by atoms with van der Waals surface area (Å²) in [5.41, 5.74) is 1.74. The lowest BCUT2D eigenvalue weighted by Crippen LogP contribution is -2.53. The minimum Gasteiger partial charge on any atom is -0.385 e. The molecule has 2 aliphatic heterocycles. The van der Waals surface area contributed by atoms with Gasteiger partial charge in [-0.1, -0.05) is 11.6 Å². The molecule has 0 radical (unpaired) electrons. The Balaban J connectivity index is 1.72. The third-order valence-electron chi connectivity index (χ3n) is 5.65. The molecule has 1 fully saturated rings. The maximum atomic E-state index is 13.5. The van der Waals surface area contributed by atoms with Gasteiger partial charge in [-0.3, -0.25) is 4.90 Å². The van der Waals surface area contributed by atoms with Crippen molar-refractivity contribution in [1.82, 2.24) is 9.80 Å². The topological polar surface area (TPSA) is 40.1 Å². The normalized spacial score (nSPS) is 19.4. The fourth-order valence-electron chi connectivity index (χ4n) is 3.94. The second kappa shape index (κ2) is 8.97. The summed E-state index contributed by atoms with van der Waals surface area (Å²) >= 11 is 6.88. The zero-order chi connectivity index (χ0) is 22.2. The van der Waals surface area contributed by atoms with Crippen LogP contribution in [0.2, 0.25) is 5.02 Å². The molecule has 0 saturated carbocycles. The van der Waals surface area contributed by atoms with Gasteiger partial charge < -0.3 is 15.0 Å². The van der Waals surface area contributed by atoms with E-state index in [0.717, 1.165) is 19.4 Å². The van der Waals surface area contributed by atoms with Gasteiger partial charge in [-0.2, -0.15) is 13.2 Å². The molecule has 1 aromatic carbocycles. The summed E-state index contributed by atoms with van der Waals surface area (Å²) in [5.74, 6) is 0.556. The first kappa shape index (κ1) is 22.4. The Morgan fingerprint density at radius 3 is 2.84 bits per heavy atom. The highest BCUT2D eigenvalue weighted by atomic mass is 35.5. The zero-order valence-corrected chi connectivity index (χ0v) is 18.9. The molecule has 1 aromatic heterocycles. The predicted molar refractivity (Wildman–Crippen MR) is 119 cm³/mol. The molecule has 3 heterocycles. The number of ether oxygens (including phenoxy) is 1. The number of anilines is 2. The van der Waals surface area contributed by atoms with Gasteiger partial charge in [-0.15, -0.1) is 11.3 Å². The second-order valence-electron chi connectivity index (χ2n) is 7.79. The minimum atomic E-state index is -4.41. The minimum absolute atomic E-state index is 0.269. The average Bonchev–Trinajstić information content (AvgIpc) is 3.07. The van der Waals surface area contributed by atoms with Crippen LogP contribution >= 0.6 is 22.9 Å². The average molecular weight is 473 g/mol. The summed E-state index contributed by atoms with van der Waals surface area (Å²) in [6, 6.07) is 6.66. The van der Waals surface area contributed by atoms with Gasteiger partial charge in [0.25, 0.3) is 0 Å². The second-order valence-corrected chi connectivity index (χ2v) is 9.28. The van der Waals surface area contributed by atoms with Crippen molar-refractivity contribution in [3.8, 4) is 0 Å². The van der Waals surface area contributed by atoms with E-state index in [1.807, 2.05) is 0 Å². The first-order valence-corrected chi connectivity index (χ1v) is 11.3. The third kappa shape index (κ3) is 4.84. The molecule has 0 spiro atoms. The van der Waals surface area contributed by atoms with Crippen LogP contribution in [0, 0.1) is 0 Å². The lowest BCUT2D eigenvalue weighted by molar-refractivity contribution is -0.134. The van der Waals surface area contributed by atoms with Crippen LogP contribution in [0.4, 0.5) is 29.5 Å². The van der Waals surface area contributed by atoms with Crippen molar-refractivity contribution < 1.29 is 17.9 Å². The Labute approximate surface area is 188 Å². The van der Waals surface area contributed by atoms with Crippen LogP contribution < -0.4 is 5.32 Å². The third-order valence-corrected chi connectivity index (χ3v) is 6.98. The fourth-order valence-corrected chi connectivity index (χ4v) is 5.04. The van der Waals surface area contributed by atoms with Crippen LogP contribution in [-0.4, -0.2) is 62.1 Å². The Bertz CT molecular complexity index is 978. The number of nitrogens with zero attached hydrogens (tertiary/aromatic N) is 3. The number of alkyl halides is 3. The number of thiophene rings is 1. The first-order chi connectivity index (χ1) is 14.8. The van der Waals surface area contributed by atoms with E-state index in [4.69, 9.17) is 21.3 Å². The number of methoxy groups -OCH3 is 1. The largest absolute Gasteiger partial charge is 0.425 e. The molecule has 1 saturated heterocycles. The molecule has 1 N–H and O–H groups in total. The Kier molecular flexibility index (Phi) is 6.48. The van der Waals surface area contributed by atoms with Crippen molar-refractivity contribution in [3.05, 3.63) is 39.7 Å². The van der Waals surface area contributed by atoms with Crippen molar-refractivity contribution in [2.75, 3.05) is 45.7 Å². The number of amidine groups is 1.